The topological polar surface area (TPSA) is 201 Å². The zero-order chi connectivity index (χ0) is 46.6. The van der Waals surface area contributed by atoms with Crippen molar-refractivity contribution in [2.75, 3.05) is 68.0 Å². The van der Waals surface area contributed by atoms with Crippen molar-refractivity contribution in [3.05, 3.63) is 74.4 Å². The van der Waals surface area contributed by atoms with Crippen LogP contribution in [0.4, 0.5) is 27.5 Å². The minimum atomic E-state index is -1.16. The maximum atomic E-state index is 16.2. The number of aromatic nitrogens is 3. The van der Waals surface area contributed by atoms with Gasteiger partial charge in [-0.1, -0.05) is 11.6 Å². The fourth-order valence-corrected chi connectivity index (χ4v) is 9.87. The SMILES string of the molecule is CNC(=O)COc1cc2cc(Nc3nc(N4CCC(O[C@H]5C[C@H](N6CCN(c7cc(C)c8c(c7F)C(=O)N(C7CCC(=O)NC7=O)C8=O)CC6)C5)CC4)ncc3Cl)ccc2n(C(C)C)c1=O. The van der Waals surface area contributed by atoms with Crippen LogP contribution in [0, 0.1) is 12.7 Å². The van der Waals surface area contributed by atoms with Gasteiger partial charge in [0.2, 0.25) is 17.8 Å². The molecule has 6 heterocycles. The number of halogens is 2. The van der Waals surface area contributed by atoms with Crippen LogP contribution in [-0.4, -0.2) is 131 Å². The molecule has 66 heavy (non-hydrogen) atoms. The largest absolute Gasteiger partial charge is 0.478 e. The summed E-state index contributed by atoms with van der Waals surface area (Å²) in [5, 5.41) is 9.06. The highest BCUT2D eigenvalue weighted by atomic mass is 35.5. The summed E-state index contributed by atoms with van der Waals surface area (Å²) >= 11 is 6.59. The minimum Gasteiger partial charge on any atom is -0.478 e. The monoisotopic (exact) mass is 926 g/mol. The van der Waals surface area contributed by atoms with E-state index in [1.54, 1.807) is 29.8 Å². The van der Waals surface area contributed by atoms with E-state index in [1.807, 2.05) is 36.9 Å². The van der Waals surface area contributed by atoms with Crippen molar-refractivity contribution in [2.45, 2.75) is 89.6 Å². The number of ether oxygens (including phenoxy) is 2. The summed E-state index contributed by atoms with van der Waals surface area (Å²) in [7, 11) is 1.50. The van der Waals surface area contributed by atoms with Crippen molar-refractivity contribution in [2.24, 2.45) is 0 Å². The second-order valence-electron chi connectivity index (χ2n) is 17.8. The Morgan fingerprint density at radius 1 is 0.939 bits per heavy atom. The Balaban J connectivity index is 0.759. The normalized spacial score (nSPS) is 21.6. The van der Waals surface area contributed by atoms with Crippen molar-refractivity contribution in [3.63, 3.8) is 0 Å². The van der Waals surface area contributed by atoms with Crippen molar-refractivity contribution < 1.29 is 37.8 Å². The Bertz CT molecular complexity index is 2690. The third-order valence-corrected chi connectivity index (χ3v) is 13.6. The standard InChI is InChI=1S/C46H52ClFN10O8/c1-24(2)57-32-6-5-27(18-26(32)19-35(43(57)62)65-23-37(60)49-4)51-41-31(47)22-50-46(53-41)56-11-9-29(10-12-56)66-30-20-28(21-30)54-13-15-55(16-14-54)34-17-25(3)38-39(40(34)48)45(64)58(44(38)63)33-7-8-36(59)52-42(33)61/h5-6,17-19,22,24,28-30,33H,7-16,20-21,23H2,1-4H3,(H,49,60)(H,50,51,53)(H,52,59,61)/t28-,30-,33?. The second-order valence-corrected chi connectivity index (χ2v) is 18.2. The number of carbonyl (C=O) groups is 5. The van der Waals surface area contributed by atoms with E-state index in [2.05, 4.69) is 30.7 Å². The van der Waals surface area contributed by atoms with E-state index in [-0.39, 0.29) is 71.7 Å². The lowest BCUT2D eigenvalue weighted by Gasteiger charge is -2.47. The number of aryl methyl sites for hydroxylation is 1. The summed E-state index contributed by atoms with van der Waals surface area (Å²) in [6, 6.07) is 7.86. The van der Waals surface area contributed by atoms with E-state index in [0.717, 1.165) is 36.0 Å². The number of anilines is 4. The number of amides is 5. The fraction of sp³-hybridized carbons (Fsp3) is 0.478. The molecule has 18 nitrogen and oxygen atoms in total. The lowest BCUT2D eigenvalue weighted by atomic mass is 9.87. The molecule has 1 unspecified atom stereocenters. The number of benzene rings is 2. The van der Waals surface area contributed by atoms with Crippen LogP contribution in [0.25, 0.3) is 10.9 Å². The van der Waals surface area contributed by atoms with Crippen LogP contribution < -0.4 is 36.0 Å². The smallest absolute Gasteiger partial charge is 0.293 e. The molecule has 4 fully saturated rings. The van der Waals surface area contributed by atoms with Crippen LogP contribution in [0.5, 0.6) is 5.75 Å². The highest BCUT2D eigenvalue weighted by Crippen LogP contribution is 2.38. The average Bonchev–Trinajstić information content (AvgIpc) is 3.55. The number of nitrogens with one attached hydrogen (secondary N) is 3. The van der Waals surface area contributed by atoms with Gasteiger partial charge in [0.05, 0.1) is 40.7 Å². The quantitative estimate of drug-likeness (QED) is 0.172. The molecule has 0 bridgehead atoms. The zero-order valence-corrected chi connectivity index (χ0v) is 38.0. The average molecular weight is 927 g/mol. The third-order valence-electron chi connectivity index (χ3n) is 13.3. The van der Waals surface area contributed by atoms with Crippen LogP contribution in [0.3, 0.4) is 0 Å². The molecule has 2 aromatic heterocycles. The molecule has 1 saturated carbocycles. The summed E-state index contributed by atoms with van der Waals surface area (Å²) < 4.78 is 30.0. The van der Waals surface area contributed by atoms with Crippen LogP contribution in [0.2, 0.25) is 5.02 Å². The Kier molecular flexibility index (Phi) is 12.4. The summed E-state index contributed by atoms with van der Waals surface area (Å²) in [6.45, 7) is 9.12. The van der Waals surface area contributed by atoms with Crippen molar-refractivity contribution in [1.29, 1.82) is 0 Å². The molecule has 4 aromatic rings. The van der Waals surface area contributed by atoms with Crippen molar-refractivity contribution in [1.82, 2.24) is 35.0 Å². The van der Waals surface area contributed by atoms with Crippen LogP contribution in [-0.2, 0) is 19.1 Å². The molecule has 2 aromatic carbocycles. The number of hydrogen-bond donors (Lipinski definition) is 3. The van der Waals surface area contributed by atoms with Gasteiger partial charge in [-0.25, -0.2) is 9.37 Å². The molecule has 9 rings (SSSR count). The van der Waals surface area contributed by atoms with E-state index < -0.39 is 35.5 Å². The van der Waals surface area contributed by atoms with Gasteiger partial charge in [-0.15, -0.1) is 0 Å². The van der Waals surface area contributed by atoms with Gasteiger partial charge in [0.1, 0.15) is 11.1 Å². The van der Waals surface area contributed by atoms with Gasteiger partial charge in [-0.05, 0) is 88.8 Å². The number of imide groups is 2. The Hall–Kier alpha value is -6.18. The summed E-state index contributed by atoms with van der Waals surface area (Å²) in [4.78, 5) is 92.7. The maximum Gasteiger partial charge on any atom is 0.293 e. The van der Waals surface area contributed by atoms with E-state index in [4.69, 9.17) is 26.1 Å². The first kappa shape index (κ1) is 45.0. The van der Waals surface area contributed by atoms with Gasteiger partial charge in [-0.2, -0.15) is 4.98 Å². The number of rotatable bonds is 12. The summed E-state index contributed by atoms with van der Waals surface area (Å²) in [5.74, 6) is -2.81. The number of carbonyl (C=O) groups excluding carboxylic acids is 5. The molecule has 5 aliphatic rings. The van der Waals surface area contributed by atoms with Gasteiger partial charge in [-0.3, -0.25) is 43.9 Å². The lowest BCUT2D eigenvalue weighted by molar-refractivity contribution is -0.136. The predicted molar refractivity (Wildman–Crippen MR) is 243 cm³/mol. The van der Waals surface area contributed by atoms with Crippen LogP contribution in [0.1, 0.15) is 84.7 Å². The van der Waals surface area contributed by atoms with Crippen LogP contribution in [0.15, 0.2) is 41.3 Å². The summed E-state index contributed by atoms with van der Waals surface area (Å²) in [6.07, 6.45) is 5.26. The maximum absolute atomic E-state index is 16.2. The second kappa shape index (κ2) is 18.2. The van der Waals surface area contributed by atoms with Gasteiger partial charge in [0.15, 0.2) is 24.0 Å². The van der Waals surface area contributed by atoms with Gasteiger partial charge in [0, 0.05) is 75.9 Å². The number of pyridine rings is 1. The molecular formula is C46H52ClFN10O8. The first-order chi connectivity index (χ1) is 31.7. The first-order valence-electron chi connectivity index (χ1n) is 22.4. The first-order valence-corrected chi connectivity index (χ1v) is 22.8. The number of piperidine rings is 2. The van der Waals surface area contributed by atoms with Gasteiger partial charge in [0.25, 0.3) is 23.3 Å². The van der Waals surface area contributed by atoms with Crippen molar-refractivity contribution in [3.8, 4) is 5.75 Å². The Labute approximate surface area is 384 Å². The molecule has 0 radical (unpaired) electrons. The van der Waals surface area contributed by atoms with Gasteiger partial charge >= 0.3 is 0 Å². The molecule has 4 aliphatic heterocycles. The molecule has 3 N–H and O–H groups in total. The molecular weight excluding hydrogens is 875 g/mol. The molecule has 20 heteroatoms. The molecule has 5 amide bonds. The molecule has 1 atom stereocenters. The number of fused-ring (bicyclic) bond motifs is 2. The van der Waals surface area contributed by atoms with Crippen molar-refractivity contribution >= 4 is 75.2 Å². The van der Waals surface area contributed by atoms with E-state index in [0.29, 0.717) is 78.9 Å². The third kappa shape index (κ3) is 8.54. The Morgan fingerprint density at radius 2 is 1.67 bits per heavy atom. The van der Waals surface area contributed by atoms with E-state index in [9.17, 15) is 28.8 Å². The number of piperazine rings is 1. The highest BCUT2D eigenvalue weighted by Gasteiger charge is 2.48. The number of likely N-dealkylation sites (N-methyl/N-ethyl adjacent to an activating group) is 1. The lowest BCUT2D eigenvalue weighted by Crippen LogP contribution is -2.56. The van der Waals surface area contributed by atoms with E-state index in [1.165, 1.54) is 7.05 Å². The number of hydrogen-bond acceptors (Lipinski definition) is 14. The summed E-state index contributed by atoms with van der Waals surface area (Å²) in [5.41, 5.74) is 1.48. The fourth-order valence-electron chi connectivity index (χ4n) is 9.73. The Morgan fingerprint density at radius 3 is 2.36 bits per heavy atom. The predicted octanol–water partition coefficient (Wildman–Crippen LogP) is 4.08. The molecule has 0 spiro atoms. The number of nitrogens with zero attached hydrogens (tertiary/aromatic N) is 7. The van der Waals surface area contributed by atoms with E-state index >= 15 is 4.39 Å². The van der Waals surface area contributed by atoms with Gasteiger partial charge < -0.3 is 34.5 Å². The van der Waals surface area contributed by atoms with Crippen LogP contribution >= 0.6 is 11.6 Å². The zero-order valence-electron chi connectivity index (χ0n) is 37.2. The molecule has 3 saturated heterocycles. The highest BCUT2D eigenvalue weighted by molar-refractivity contribution is 6.33. The molecule has 1 aliphatic carbocycles. The minimum absolute atomic E-state index is 0.00307. The molecule has 348 valence electrons.